The summed E-state index contributed by atoms with van der Waals surface area (Å²) in [7, 11) is 1.63. The topological polar surface area (TPSA) is 68.5 Å². The van der Waals surface area contributed by atoms with Gasteiger partial charge in [-0.1, -0.05) is 11.2 Å². The lowest BCUT2D eigenvalue weighted by molar-refractivity contribution is -0.117. The highest BCUT2D eigenvalue weighted by molar-refractivity contribution is 5.96. The highest BCUT2D eigenvalue weighted by Crippen LogP contribution is 2.33. The van der Waals surface area contributed by atoms with Gasteiger partial charge in [-0.2, -0.15) is 4.98 Å². The standard InChI is InChI=1S/C21H21N3O3/c1-13-8-14(2)10-17(9-13)24-12-16(11-19(24)25)21-22-20(23-27-21)15-4-6-18(26-3)7-5-15/h4-10,16H,11-12H2,1-3H3. The van der Waals surface area contributed by atoms with Gasteiger partial charge < -0.3 is 14.2 Å². The van der Waals surface area contributed by atoms with Gasteiger partial charge in [0, 0.05) is 24.2 Å². The number of amides is 1. The first-order valence-corrected chi connectivity index (χ1v) is 8.90. The predicted octanol–water partition coefficient (Wildman–Crippen LogP) is 3.88. The molecule has 2 heterocycles. The molecular formula is C21H21N3O3. The van der Waals surface area contributed by atoms with Gasteiger partial charge >= 0.3 is 0 Å². The van der Waals surface area contributed by atoms with Crippen molar-refractivity contribution in [2.75, 3.05) is 18.6 Å². The molecule has 0 saturated carbocycles. The van der Waals surface area contributed by atoms with Crippen molar-refractivity contribution in [3.05, 3.63) is 59.5 Å². The van der Waals surface area contributed by atoms with Crippen LogP contribution in [-0.2, 0) is 4.79 Å². The van der Waals surface area contributed by atoms with Crippen molar-refractivity contribution < 1.29 is 14.1 Å². The number of anilines is 1. The van der Waals surface area contributed by atoms with Gasteiger partial charge in [0.15, 0.2) is 0 Å². The van der Waals surface area contributed by atoms with Gasteiger partial charge in [0.05, 0.1) is 13.0 Å². The zero-order valence-electron chi connectivity index (χ0n) is 15.6. The number of nitrogens with zero attached hydrogens (tertiary/aromatic N) is 3. The van der Waals surface area contributed by atoms with Crippen LogP contribution >= 0.6 is 0 Å². The minimum Gasteiger partial charge on any atom is -0.497 e. The zero-order chi connectivity index (χ0) is 19.0. The van der Waals surface area contributed by atoms with Crippen LogP contribution in [0.5, 0.6) is 5.75 Å². The van der Waals surface area contributed by atoms with Crippen LogP contribution in [-0.4, -0.2) is 29.7 Å². The number of hydrogen-bond donors (Lipinski definition) is 0. The highest BCUT2D eigenvalue weighted by atomic mass is 16.5. The summed E-state index contributed by atoms with van der Waals surface area (Å²) in [6.07, 6.45) is 0.372. The van der Waals surface area contributed by atoms with Gasteiger partial charge in [0.1, 0.15) is 5.75 Å². The lowest BCUT2D eigenvalue weighted by atomic mass is 10.1. The second-order valence-electron chi connectivity index (χ2n) is 6.94. The van der Waals surface area contributed by atoms with Crippen molar-refractivity contribution in [2.45, 2.75) is 26.2 Å². The largest absolute Gasteiger partial charge is 0.497 e. The smallest absolute Gasteiger partial charge is 0.232 e. The molecule has 1 aromatic heterocycles. The second kappa shape index (κ2) is 6.87. The van der Waals surface area contributed by atoms with Crippen LogP contribution in [0.4, 0.5) is 5.69 Å². The van der Waals surface area contributed by atoms with Crippen LogP contribution in [0.15, 0.2) is 47.0 Å². The lowest BCUT2D eigenvalue weighted by Crippen LogP contribution is -2.24. The Labute approximate surface area is 157 Å². The van der Waals surface area contributed by atoms with Gasteiger partial charge in [-0.05, 0) is 61.4 Å². The molecule has 4 rings (SSSR count). The van der Waals surface area contributed by atoms with Crippen molar-refractivity contribution in [3.8, 4) is 17.1 Å². The summed E-state index contributed by atoms with van der Waals surface area (Å²) >= 11 is 0. The van der Waals surface area contributed by atoms with E-state index in [4.69, 9.17) is 9.26 Å². The summed E-state index contributed by atoms with van der Waals surface area (Å²) in [5, 5.41) is 4.08. The molecule has 0 radical (unpaired) electrons. The summed E-state index contributed by atoms with van der Waals surface area (Å²) < 4.78 is 10.6. The average Bonchev–Trinajstić information content (AvgIpc) is 3.28. The van der Waals surface area contributed by atoms with Crippen LogP contribution in [0.2, 0.25) is 0 Å². The Morgan fingerprint density at radius 1 is 1.11 bits per heavy atom. The summed E-state index contributed by atoms with van der Waals surface area (Å²) in [4.78, 5) is 18.9. The number of methoxy groups -OCH3 is 1. The SMILES string of the molecule is COc1ccc(-c2noc(C3CC(=O)N(c4cc(C)cc(C)c4)C3)n2)cc1. The first-order chi connectivity index (χ1) is 13.0. The summed E-state index contributed by atoms with van der Waals surface area (Å²) in [5.41, 5.74) is 4.05. The first-order valence-electron chi connectivity index (χ1n) is 8.90. The van der Waals surface area contributed by atoms with Crippen molar-refractivity contribution in [3.63, 3.8) is 0 Å². The molecule has 0 N–H and O–H groups in total. The van der Waals surface area contributed by atoms with E-state index in [0.717, 1.165) is 28.1 Å². The zero-order valence-corrected chi connectivity index (χ0v) is 15.6. The monoisotopic (exact) mass is 363 g/mol. The number of benzene rings is 2. The van der Waals surface area contributed by atoms with Crippen LogP contribution in [0, 0.1) is 13.8 Å². The molecule has 1 unspecified atom stereocenters. The highest BCUT2D eigenvalue weighted by Gasteiger charge is 2.35. The Kier molecular flexibility index (Phi) is 4.39. The van der Waals surface area contributed by atoms with E-state index in [0.29, 0.717) is 24.7 Å². The molecule has 2 aromatic carbocycles. The van der Waals surface area contributed by atoms with Crippen LogP contribution < -0.4 is 9.64 Å². The molecule has 6 heteroatoms. The Balaban J connectivity index is 1.54. The van der Waals surface area contributed by atoms with E-state index in [1.165, 1.54) is 0 Å². The van der Waals surface area contributed by atoms with E-state index in [9.17, 15) is 4.79 Å². The molecule has 1 aliphatic heterocycles. The molecule has 1 saturated heterocycles. The van der Waals surface area contributed by atoms with Gasteiger partial charge in [-0.15, -0.1) is 0 Å². The van der Waals surface area contributed by atoms with Gasteiger partial charge in [-0.25, -0.2) is 0 Å². The van der Waals surface area contributed by atoms with Crippen molar-refractivity contribution in [1.29, 1.82) is 0 Å². The van der Waals surface area contributed by atoms with E-state index >= 15 is 0 Å². The van der Waals surface area contributed by atoms with E-state index in [1.807, 2.05) is 55.1 Å². The third-order valence-corrected chi connectivity index (χ3v) is 4.78. The second-order valence-corrected chi connectivity index (χ2v) is 6.94. The first kappa shape index (κ1) is 17.3. The van der Waals surface area contributed by atoms with Crippen LogP contribution in [0.1, 0.15) is 29.4 Å². The number of carbonyl (C=O) groups excluding carboxylic acids is 1. The van der Waals surface area contributed by atoms with E-state index in [1.54, 1.807) is 7.11 Å². The predicted molar refractivity (Wildman–Crippen MR) is 102 cm³/mol. The van der Waals surface area contributed by atoms with Crippen molar-refractivity contribution in [1.82, 2.24) is 10.1 Å². The number of ether oxygens (including phenoxy) is 1. The van der Waals surface area contributed by atoms with Crippen molar-refractivity contribution >= 4 is 11.6 Å². The normalized spacial score (nSPS) is 16.8. The maximum Gasteiger partial charge on any atom is 0.232 e. The fraction of sp³-hybridized carbons (Fsp3) is 0.286. The molecule has 6 nitrogen and oxygen atoms in total. The molecule has 1 aliphatic rings. The van der Waals surface area contributed by atoms with E-state index in [2.05, 4.69) is 16.2 Å². The molecule has 27 heavy (non-hydrogen) atoms. The van der Waals surface area contributed by atoms with Gasteiger partial charge in [0.25, 0.3) is 0 Å². The molecule has 1 atom stereocenters. The lowest BCUT2D eigenvalue weighted by Gasteiger charge is -2.17. The fourth-order valence-electron chi connectivity index (χ4n) is 3.49. The molecule has 0 aliphatic carbocycles. The third kappa shape index (κ3) is 3.43. The average molecular weight is 363 g/mol. The summed E-state index contributed by atoms with van der Waals surface area (Å²) in [5.74, 6) is 1.77. The number of rotatable bonds is 4. The minimum atomic E-state index is -0.0992. The molecular weight excluding hydrogens is 342 g/mol. The quantitative estimate of drug-likeness (QED) is 0.703. The number of aromatic nitrogens is 2. The van der Waals surface area contributed by atoms with Gasteiger partial charge in [0.2, 0.25) is 17.6 Å². The molecule has 3 aromatic rings. The third-order valence-electron chi connectivity index (χ3n) is 4.78. The van der Waals surface area contributed by atoms with Gasteiger partial charge in [-0.3, -0.25) is 4.79 Å². The Morgan fingerprint density at radius 3 is 2.48 bits per heavy atom. The number of aryl methyl sites for hydroxylation is 2. The molecule has 1 fully saturated rings. The fourth-order valence-corrected chi connectivity index (χ4v) is 3.49. The molecule has 0 spiro atoms. The van der Waals surface area contributed by atoms with E-state index in [-0.39, 0.29) is 11.8 Å². The summed E-state index contributed by atoms with van der Waals surface area (Å²) in [6, 6.07) is 13.6. The summed E-state index contributed by atoms with van der Waals surface area (Å²) in [6.45, 7) is 4.62. The molecule has 0 bridgehead atoms. The maximum atomic E-state index is 12.6. The Hall–Kier alpha value is -3.15. The minimum absolute atomic E-state index is 0.0780. The Bertz CT molecular complexity index is 958. The molecule has 138 valence electrons. The van der Waals surface area contributed by atoms with E-state index < -0.39 is 0 Å². The maximum absolute atomic E-state index is 12.6. The van der Waals surface area contributed by atoms with Crippen LogP contribution in [0.25, 0.3) is 11.4 Å². The van der Waals surface area contributed by atoms with Crippen molar-refractivity contribution in [2.24, 2.45) is 0 Å². The number of carbonyl (C=O) groups is 1. The number of hydrogen-bond acceptors (Lipinski definition) is 5. The molecule has 1 amide bonds. The van der Waals surface area contributed by atoms with Crippen LogP contribution in [0.3, 0.4) is 0 Å². The Morgan fingerprint density at radius 2 is 1.81 bits per heavy atom.